The van der Waals surface area contributed by atoms with Crippen molar-refractivity contribution < 1.29 is 5.11 Å². The minimum absolute atomic E-state index is 0.0361. The van der Waals surface area contributed by atoms with Crippen molar-refractivity contribution in [1.29, 1.82) is 0 Å². The van der Waals surface area contributed by atoms with E-state index in [4.69, 9.17) is 0 Å². The number of aryl methyl sites for hydroxylation is 1. The second-order valence-corrected chi connectivity index (χ2v) is 5.83. The lowest BCUT2D eigenvalue weighted by Gasteiger charge is -2.28. The molecule has 104 valence electrons. The van der Waals surface area contributed by atoms with Crippen LogP contribution in [0.25, 0.3) is 10.8 Å². The predicted octanol–water partition coefficient (Wildman–Crippen LogP) is 1.34. The molecule has 0 amide bonds. The number of hydrogen-bond donors (Lipinski definition) is 2. The van der Waals surface area contributed by atoms with Crippen molar-refractivity contribution in [2.45, 2.75) is 38.0 Å². The van der Waals surface area contributed by atoms with Gasteiger partial charge in [0, 0.05) is 23.7 Å². The molecule has 1 aromatic heterocycles. The lowest BCUT2D eigenvalue weighted by Crippen LogP contribution is -2.31. The molecule has 1 aliphatic carbocycles. The molecule has 2 atom stereocenters. The van der Waals surface area contributed by atoms with Gasteiger partial charge in [0.05, 0.1) is 12.6 Å². The van der Waals surface area contributed by atoms with Crippen LogP contribution in [0, 0.1) is 0 Å². The van der Waals surface area contributed by atoms with Crippen molar-refractivity contribution in [2.75, 3.05) is 6.54 Å². The van der Waals surface area contributed by atoms with Gasteiger partial charge in [-0.05, 0) is 36.3 Å². The van der Waals surface area contributed by atoms with E-state index >= 15 is 0 Å². The zero-order chi connectivity index (χ0) is 13.7. The fourth-order valence-electron chi connectivity index (χ4n) is 3.70. The van der Waals surface area contributed by atoms with Gasteiger partial charge < -0.3 is 15.0 Å². The van der Waals surface area contributed by atoms with Crippen LogP contribution >= 0.6 is 0 Å². The largest absolute Gasteiger partial charge is 0.390 e. The van der Waals surface area contributed by atoms with Crippen molar-refractivity contribution in [1.82, 2.24) is 9.88 Å². The first-order valence-electron chi connectivity index (χ1n) is 7.31. The Hall–Kier alpha value is -1.65. The third-order valence-corrected chi connectivity index (χ3v) is 4.57. The SMILES string of the molecule is O=c1c2ccccc2c2c3n1CC(O)CNC3CCC2. The minimum atomic E-state index is -0.497. The number of nitrogens with zero attached hydrogens (tertiary/aromatic N) is 1. The molecule has 0 fully saturated rings. The Morgan fingerprint density at radius 1 is 1.25 bits per heavy atom. The maximum absolute atomic E-state index is 12.7. The second kappa shape index (κ2) is 4.43. The van der Waals surface area contributed by atoms with Gasteiger partial charge in [-0.3, -0.25) is 4.79 Å². The Bertz CT molecular complexity index is 735. The van der Waals surface area contributed by atoms with Crippen LogP contribution in [-0.4, -0.2) is 22.3 Å². The van der Waals surface area contributed by atoms with Crippen LogP contribution < -0.4 is 10.9 Å². The van der Waals surface area contributed by atoms with E-state index in [0.29, 0.717) is 13.1 Å². The first kappa shape index (κ1) is 12.1. The van der Waals surface area contributed by atoms with Crippen LogP contribution in [0.4, 0.5) is 0 Å². The fraction of sp³-hybridized carbons (Fsp3) is 0.438. The summed E-state index contributed by atoms with van der Waals surface area (Å²) in [7, 11) is 0. The van der Waals surface area contributed by atoms with E-state index in [1.807, 2.05) is 22.8 Å². The highest BCUT2D eigenvalue weighted by molar-refractivity contribution is 5.86. The van der Waals surface area contributed by atoms with E-state index in [-0.39, 0.29) is 11.6 Å². The summed E-state index contributed by atoms with van der Waals surface area (Å²) in [6.07, 6.45) is 2.69. The summed E-state index contributed by atoms with van der Waals surface area (Å²) in [5, 5.41) is 15.3. The molecule has 0 radical (unpaired) electrons. The molecule has 1 aromatic carbocycles. The second-order valence-electron chi connectivity index (χ2n) is 5.83. The molecule has 1 aliphatic heterocycles. The number of benzene rings is 1. The number of rotatable bonds is 0. The highest BCUT2D eigenvalue weighted by Gasteiger charge is 2.30. The van der Waals surface area contributed by atoms with Crippen molar-refractivity contribution in [3.8, 4) is 0 Å². The molecule has 4 nitrogen and oxygen atoms in total. The monoisotopic (exact) mass is 270 g/mol. The number of aromatic nitrogens is 1. The smallest absolute Gasteiger partial charge is 0.258 e. The molecule has 2 unspecified atom stereocenters. The van der Waals surface area contributed by atoms with Crippen LogP contribution in [0.3, 0.4) is 0 Å². The van der Waals surface area contributed by atoms with Gasteiger partial charge in [-0.2, -0.15) is 0 Å². The van der Waals surface area contributed by atoms with Crippen molar-refractivity contribution in [2.24, 2.45) is 0 Å². The summed E-state index contributed by atoms with van der Waals surface area (Å²) in [5.41, 5.74) is 2.43. The lowest BCUT2D eigenvalue weighted by molar-refractivity contribution is 0.155. The molecular weight excluding hydrogens is 252 g/mol. The maximum Gasteiger partial charge on any atom is 0.258 e. The fourth-order valence-corrected chi connectivity index (χ4v) is 3.70. The first-order valence-corrected chi connectivity index (χ1v) is 7.31. The van der Waals surface area contributed by atoms with E-state index in [0.717, 1.165) is 35.7 Å². The predicted molar refractivity (Wildman–Crippen MR) is 77.9 cm³/mol. The van der Waals surface area contributed by atoms with Gasteiger partial charge in [0.2, 0.25) is 0 Å². The number of β-amino-alcohol motifs (C(OH)–C–C–N with tert-alkyl or cyclic N) is 1. The molecule has 2 aromatic rings. The van der Waals surface area contributed by atoms with Gasteiger partial charge in [0.15, 0.2) is 0 Å². The van der Waals surface area contributed by atoms with Gasteiger partial charge >= 0.3 is 0 Å². The van der Waals surface area contributed by atoms with Gasteiger partial charge in [-0.1, -0.05) is 18.2 Å². The molecule has 0 saturated carbocycles. The number of pyridine rings is 1. The molecule has 2 heterocycles. The number of hydrogen-bond acceptors (Lipinski definition) is 3. The van der Waals surface area contributed by atoms with Crippen LogP contribution in [0.15, 0.2) is 29.1 Å². The zero-order valence-corrected chi connectivity index (χ0v) is 11.3. The Morgan fingerprint density at radius 3 is 2.90 bits per heavy atom. The van der Waals surface area contributed by atoms with Crippen molar-refractivity contribution >= 4 is 10.8 Å². The highest BCUT2D eigenvalue weighted by atomic mass is 16.3. The lowest BCUT2D eigenvalue weighted by atomic mass is 9.88. The quantitative estimate of drug-likeness (QED) is 0.759. The molecule has 4 heteroatoms. The molecule has 4 rings (SSSR count). The van der Waals surface area contributed by atoms with Gasteiger partial charge in [-0.25, -0.2) is 0 Å². The average molecular weight is 270 g/mol. The van der Waals surface area contributed by atoms with E-state index < -0.39 is 6.10 Å². The van der Waals surface area contributed by atoms with Gasteiger partial charge in [0.25, 0.3) is 5.56 Å². The summed E-state index contributed by atoms with van der Waals surface area (Å²) in [6.45, 7) is 0.955. The average Bonchev–Trinajstić information content (AvgIpc) is 2.65. The third kappa shape index (κ3) is 1.65. The number of fused-ring (bicyclic) bond motifs is 2. The molecule has 2 N–H and O–H groups in total. The summed E-state index contributed by atoms with van der Waals surface area (Å²) in [5.74, 6) is 0. The standard InChI is InChI=1S/C16H18N2O2/c19-10-8-17-14-7-3-6-12-11-4-1-2-5-13(11)16(20)18(9-10)15(12)14/h1-2,4-5,10,14,17,19H,3,6-9H2. The topological polar surface area (TPSA) is 54.3 Å². The number of nitrogens with one attached hydrogen (secondary N) is 1. The Balaban J connectivity index is 2.12. The molecule has 20 heavy (non-hydrogen) atoms. The Morgan fingerprint density at radius 2 is 2.05 bits per heavy atom. The molecule has 0 bridgehead atoms. The number of aliphatic hydroxyl groups is 1. The molecule has 2 aliphatic rings. The molecular formula is C16H18N2O2. The number of aliphatic hydroxyl groups excluding tert-OH is 1. The van der Waals surface area contributed by atoms with Gasteiger partial charge in [0.1, 0.15) is 0 Å². The van der Waals surface area contributed by atoms with Crippen molar-refractivity contribution in [3.63, 3.8) is 0 Å². The van der Waals surface area contributed by atoms with E-state index in [1.54, 1.807) is 0 Å². The van der Waals surface area contributed by atoms with E-state index in [1.165, 1.54) is 5.56 Å². The van der Waals surface area contributed by atoms with Crippen molar-refractivity contribution in [3.05, 3.63) is 45.9 Å². The first-order chi connectivity index (χ1) is 9.75. The van der Waals surface area contributed by atoms with E-state index in [2.05, 4.69) is 11.4 Å². The van der Waals surface area contributed by atoms with Crippen LogP contribution in [0.5, 0.6) is 0 Å². The highest BCUT2D eigenvalue weighted by Crippen LogP contribution is 2.34. The zero-order valence-electron chi connectivity index (χ0n) is 11.3. The summed E-state index contributed by atoms with van der Waals surface area (Å²) in [4.78, 5) is 12.7. The Kier molecular flexibility index (Phi) is 2.69. The Labute approximate surface area is 117 Å². The maximum atomic E-state index is 12.7. The minimum Gasteiger partial charge on any atom is -0.390 e. The van der Waals surface area contributed by atoms with Crippen LogP contribution in [0.1, 0.15) is 30.1 Å². The molecule has 0 spiro atoms. The third-order valence-electron chi connectivity index (χ3n) is 4.57. The molecule has 0 saturated heterocycles. The van der Waals surface area contributed by atoms with Crippen LogP contribution in [-0.2, 0) is 13.0 Å². The summed E-state index contributed by atoms with van der Waals surface area (Å²) < 4.78 is 1.81. The summed E-state index contributed by atoms with van der Waals surface area (Å²) >= 11 is 0. The summed E-state index contributed by atoms with van der Waals surface area (Å²) in [6, 6.07) is 8.06. The van der Waals surface area contributed by atoms with Gasteiger partial charge in [-0.15, -0.1) is 0 Å². The normalized spacial score (nSPS) is 25.2. The van der Waals surface area contributed by atoms with Crippen LogP contribution in [0.2, 0.25) is 0 Å². The van der Waals surface area contributed by atoms with E-state index in [9.17, 15) is 9.90 Å².